The lowest BCUT2D eigenvalue weighted by Gasteiger charge is -2.31. The van der Waals surface area contributed by atoms with Gasteiger partial charge in [0.05, 0.1) is 0 Å². The Bertz CT molecular complexity index is 569. The summed E-state index contributed by atoms with van der Waals surface area (Å²) in [6.45, 7) is 44.0. The van der Waals surface area contributed by atoms with E-state index in [0.29, 0.717) is 0 Å². The average molecular weight is 691 g/mol. The maximum atomic E-state index is 2.57. The third kappa shape index (κ3) is 21.3. The lowest BCUT2D eigenvalue weighted by molar-refractivity contribution is 0.337. The molecule has 0 nitrogen and oxygen atoms in total. The molecule has 0 aliphatic rings. The summed E-state index contributed by atoms with van der Waals surface area (Å²) in [7, 11) is 0. The van der Waals surface area contributed by atoms with Crippen molar-refractivity contribution in [3.05, 3.63) is 0 Å². The second-order valence-electron chi connectivity index (χ2n) is 18.0. The van der Waals surface area contributed by atoms with Crippen molar-refractivity contribution in [3.63, 3.8) is 0 Å². The van der Waals surface area contributed by atoms with Gasteiger partial charge in [0.2, 0.25) is 0 Å². The van der Waals surface area contributed by atoms with Gasteiger partial charge in [-0.3, -0.25) is 0 Å². The van der Waals surface area contributed by atoms with Crippen LogP contribution in [0.5, 0.6) is 0 Å². The Kier molecular flexibility index (Phi) is 31.6. The van der Waals surface area contributed by atoms with Crippen LogP contribution in [0.3, 0.4) is 0 Å². The lowest BCUT2D eigenvalue weighted by atomic mass is 9.90. The van der Waals surface area contributed by atoms with E-state index in [4.69, 9.17) is 0 Å². The molecule has 0 aromatic heterocycles. The molecule has 47 heavy (non-hydrogen) atoms. The van der Waals surface area contributed by atoms with E-state index in [1.807, 2.05) is 0 Å². The fourth-order valence-electron chi connectivity index (χ4n) is 10.0. The minimum atomic E-state index is -0.659. The number of rotatable bonds is 27. The van der Waals surface area contributed by atoms with Crippen molar-refractivity contribution in [3.8, 4) is 0 Å². The third-order valence-corrected chi connectivity index (χ3v) is 22.0. The fourth-order valence-corrected chi connectivity index (χ4v) is 20.7. The van der Waals surface area contributed by atoms with Crippen molar-refractivity contribution in [1.29, 1.82) is 0 Å². The van der Waals surface area contributed by atoms with Crippen molar-refractivity contribution in [2.24, 2.45) is 71.0 Å². The van der Waals surface area contributed by atoms with E-state index in [0.717, 1.165) is 71.0 Å². The normalized spacial score (nSPS) is 16.1. The van der Waals surface area contributed by atoms with Crippen LogP contribution in [-0.4, -0.2) is 28.3 Å². The van der Waals surface area contributed by atoms with Crippen LogP contribution in [-0.2, 0) is 0 Å². The Morgan fingerprint density at radius 1 is 0.255 bits per heavy atom. The minimum Gasteiger partial charge on any atom is -0.0910 e. The van der Waals surface area contributed by atoms with Crippen LogP contribution in [0.25, 0.3) is 0 Å². The van der Waals surface area contributed by atoms with Gasteiger partial charge >= 0.3 is 0 Å². The molecule has 0 aromatic rings. The van der Waals surface area contributed by atoms with Gasteiger partial charge in [-0.15, -0.1) is 0 Å². The van der Waals surface area contributed by atoms with E-state index in [2.05, 4.69) is 125 Å². The quantitative estimate of drug-likeness (QED) is 0.0753. The van der Waals surface area contributed by atoms with Crippen LogP contribution in [0, 0.1) is 71.0 Å². The molecule has 0 aromatic carbocycles. The summed E-state index contributed by atoms with van der Waals surface area (Å²) in [5.41, 5.74) is 0. The zero-order valence-electron chi connectivity index (χ0n) is 36.7. The van der Waals surface area contributed by atoms with Crippen LogP contribution in [0.4, 0.5) is 0 Å². The second-order valence-corrected chi connectivity index (χ2v) is 24.3. The fraction of sp³-hybridized carbons (Fsp3) is 1.00. The van der Waals surface area contributed by atoms with Crippen LogP contribution in [0.1, 0.15) is 182 Å². The maximum absolute atomic E-state index is 2.57. The van der Waals surface area contributed by atoms with Gasteiger partial charge in [0.25, 0.3) is 28.3 Å². The average Bonchev–Trinajstić information content (AvgIpc) is 3.02. The van der Waals surface area contributed by atoms with E-state index in [1.54, 1.807) is 31.7 Å². The molecule has 0 saturated heterocycles. The molecule has 0 spiro atoms. The molecule has 6 unspecified atom stereocenters. The molecule has 0 N–H and O–H groups in total. The van der Waals surface area contributed by atoms with Crippen molar-refractivity contribution in [2.45, 2.75) is 214 Å². The van der Waals surface area contributed by atoms with Gasteiger partial charge in [-0.1, -0.05) is 250 Å². The molecule has 0 rings (SSSR count). The van der Waals surface area contributed by atoms with Gasteiger partial charge in [0.15, 0.2) is 0 Å². The first-order valence-corrected chi connectivity index (χ1v) is 27.0. The summed E-state index contributed by atoms with van der Waals surface area (Å²) in [6.07, 6.45) is 12.4. The van der Waals surface area contributed by atoms with E-state index in [-0.39, 0.29) is 0 Å². The van der Waals surface area contributed by atoms with E-state index in [1.165, 1.54) is 57.8 Å². The van der Waals surface area contributed by atoms with Crippen molar-refractivity contribution in [2.75, 3.05) is 0 Å². The Morgan fingerprint density at radius 3 is 0.574 bits per heavy atom. The molecular weight excluding hydrogens is 594 g/mol. The number of hydrogen-bond acceptors (Lipinski definition) is 0. The summed E-state index contributed by atoms with van der Waals surface area (Å²) in [5, 5.41) is 9.59. The van der Waals surface area contributed by atoms with Crippen molar-refractivity contribution < 1.29 is 0 Å². The molecule has 2 heteroatoms. The van der Waals surface area contributed by atoms with Gasteiger partial charge in [-0.2, -0.15) is 0 Å². The summed E-state index contributed by atoms with van der Waals surface area (Å²) in [5.74, 6) is 11.3. The van der Waals surface area contributed by atoms with E-state index < -0.39 is 28.3 Å². The largest absolute Gasteiger partial charge is 0.262 e. The van der Waals surface area contributed by atoms with E-state index in [9.17, 15) is 0 Å². The molecule has 0 fully saturated rings. The predicted octanol–water partition coefficient (Wildman–Crippen LogP) is 16.2. The van der Waals surface area contributed by atoms with Crippen LogP contribution in [0.15, 0.2) is 0 Å². The number of hydrogen-bond donors (Lipinski definition) is 0. The maximum Gasteiger partial charge on any atom is 0.262 e. The summed E-state index contributed by atoms with van der Waals surface area (Å²) >= 11 is -1.29. The highest BCUT2D eigenvalue weighted by atomic mass is 27.2. The molecule has 0 bridgehead atoms. The van der Waals surface area contributed by atoms with Gasteiger partial charge in [0, 0.05) is 0 Å². The summed E-state index contributed by atoms with van der Waals surface area (Å²) in [6, 6.07) is 0. The first-order chi connectivity index (χ1) is 22.1. The highest BCUT2D eigenvalue weighted by molar-refractivity contribution is 6.59. The zero-order chi connectivity index (χ0) is 36.7. The standard InChI is InChI=1S/3C8H17.3C7H15.2Al/c3*1-5-8(6-2)7(3)4;3*1-5-7(4)6(2)3;;/h3*7-8H,3,5-6H2,1-2,4H3;3*6-7H,4-5H2,1-3H3;;. The summed E-state index contributed by atoms with van der Waals surface area (Å²) in [4.78, 5) is 0. The Morgan fingerprint density at radius 2 is 0.426 bits per heavy atom. The van der Waals surface area contributed by atoms with Crippen molar-refractivity contribution in [1.82, 2.24) is 0 Å². The first kappa shape index (κ1) is 50.2. The zero-order valence-corrected chi connectivity index (χ0v) is 39.0. The van der Waals surface area contributed by atoms with Gasteiger partial charge < -0.3 is 0 Å². The Balaban J connectivity index is 0. The van der Waals surface area contributed by atoms with Crippen LogP contribution in [0.2, 0.25) is 31.7 Å². The van der Waals surface area contributed by atoms with Gasteiger partial charge in [0.1, 0.15) is 0 Å². The minimum absolute atomic E-state index is 0.629. The van der Waals surface area contributed by atoms with Crippen LogP contribution >= 0.6 is 0 Å². The topological polar surface area (TPSA) is 0 Å². The molecule has 0 radical (unpaired) electrons. The SMILES string of the molecule is CCC(CC)C(C)[CH2][Al]([CH2]C(C)C(CC)CC)[CH2]C(C)C(CC)CC.CCC([CH2][Al]([CH2]C(CC)C(C)C)[CH2]C(CC)C(C)C)C(C)C. The van der Waals surface area contributed by atoms with Gasteiger partial charge in [-0.05, 0) is 35.5 Å². The summed E-state index contributed by atoms with van der Waals surface area (Å²) < 4.78 is 0. The molecular formula is C45H96Al2. The molecule has 6 atom stereocenters. The molecule has 282 valence electrons. The Labute approximate surface area is 311 Å². The molecule has 0 heterocycles. The van der Waals surface area contributed by atoms with Gasteiger partial charge in [-0.25, -0.2) is 0 Å². The van der Waals surface area contributed by atoms with Crippen molar-refractivity contribution >= 4 is 28.3 Å². The van der Waals surface area contributed by atoms with Crippen LogP contribution < -0.4 is 0 Å². The first-order valence-electron chi connectivity index (χ1n) is 22.1. The van der Waals surface area contributed by atoms with E-state index >= 15 is 0 Å². The predicted molar refractivity (Wildman–Crippen MR) is 226 cm³/mol. The smallest absolute Gasteiger partial charge is 0.0910 e. The second kappa shape index (κ2) is 29.6. The molecule has 0 aliphatic carbocycles. The molecule has 0 saturated carbocycles. The highest BCUT2D eigenvalue weighted by Crippen LogP contribution is 2.35. The monoisotopic (exact) mass is 691 g/mol. The molecule has 0 amide bonds. The molecule has 0 aliphatic heterocycles. The Hall–Kier alpha value is 1.06. The highest BCUT2D eigenvalue weighted by Gasteiger charge is 2.31. The third-order valence-electron chi connectivity index (χ3n) is 14.0. The lowest BCUT2D eigenvalue weighted by Crippen LogP contribution is -2.28.